The van der Waals surface area contributed by atoms with Crippen LogP contribution in [0.4, 0.5) is 5.69 Å². The Kier molecular flexibility index (Phi) is 2.28. The van der Waals surface area contributed by atoms with Crippen LogP contribution < -0.4 is 4.90 Å². The van der Waals surface area contributed by atoms with Gasteiger partial charge in [-0.1, -0.05) is 18.2 Å². The van der Waals surface area contributed by atoms with Gasteiger partial charge in [0.25, 0.3) is 0 Å². The Morgan fingerprint density at radius 2 is 2.29 bits per heavy atom. The number of para-hydroxylation sites is 1. The van der Waals surface area contributed by atoms with Gasteiger partial charge < -0.3 is 9.69 Å². The molecule has 14 heavy (non-hydrogen) atoms. The lowest BCUT2D eigenvalue weighted by Crippen LogP contribution is -2.28. The summed E-state index contributed by atoms with van der Waals surface area (Å²) < 4.78 is 0. The molecule has 1 aliphatic heterocycles. The fourth-order valence-electron chi connectivity index (χ4n) is 2.24. The monoisotopic (exact) mass is 189 g/mol. The van der Waals surface area contributed by atoms with Crippen molar-refractivity contribution in [2.24, 2.45) is 0 Å². The molecule has 74 valence electrons. The molecule has 2 nitrogen and oxygen atoms in total. The van der Waals surface area contributed by atoms with Gasteiger partial charge in [-0.05, 0) is 24.5 Å². The van der Waals surface area contributed by atoms with E-state index in [-0.39, 0.29) is 5.92 Å². The highest BCUT2D eigenvalue weighted by Gasteiger charge is 2.23. The van der Waals surface area contributed by atoms with Crippen molar-refractivity contribution < 1.29 is 4.79 Å². The van der Waals surface area contributed by atoms with Crippen LogP contribution in [0.25, 0.3) is 0 Å². The van der Waals surface area contributed by atoms with Crippen LogP contribution in [-0.4, -0.2) is 19.9 Å². The molecule has 0 amide bonds. The summed E-state index contributed by atoms with van der Waals surface area (Å²) in [6.45, 7) is 3.07. The second kappa shape index (κ2) is 3.45. The molecule has 1 aliphatic rings. The maximum atomic E-state index is 10.9. The first-order chi connectivity index (χ1) is 6.74. The molecule has 0 bridgehead atoms. The molecule has 2 rings (SSSR count). The summed E-state index contributed by atoms with van der Waals surface area (Å²) in [5.41, 5.74) is 3.70. The molecule has 0 radical (unpaired) electrons. The maximum Gasteiger partial charge on any atom is 0.127 e. The Balaban J connectivity index is 2.56. The zero-order valence-corrected chi connectivity index (χ0v) is 8.66. The van der Waals surface area contributed by atoms with Crippen LogP contribution in [0.1, 0.15) is 23.5 Å². The first-order valence-electron chi connectivity index (χ1n) is 5.00. The first kappa shape index (κ1) is 9.25. The van der Waals surface area contributed by atoms with E-state index in [4.69, 9.17) is 0 Å². The van der Waals surface area contributed by atoms with E-state index >= 15 is 0 Å². The second-order valence-corrected chi connectivity index (χ2v) is 3.97. The molecule has 0 spiro atoms. The molecule has 0 N–H and O–H groups in total. The van der Waals surface area contributed by atoms with Crippen molar-refractivity contribution in [3.05, 3.63) is 29.3 Å². The van der Waals surface area contributed by atoms with E-state index in [1.54, 1.807) is 0 Å². The Labute approximate surface area is 84.5 Å². The van der Waals surface area contributed by atoms with E-state index in [1.165, 1.54) is 16.8 Å². The topological polar surface area (TPSA) is 20.3 Å². The van der Waals surface area contributed by atoms with Gasteiger partial charge in [-0.15, -0.1) is 0 Å². The summed E-state index contributed by atoms with van der Waals surface area (Å²) in [7, 11) is 2.09. The highest BCUT2D eigenvalue weighted by molar-refractivity contribution is 5.72. The predicted octanol–water partition coefficient (Wildman–Crippen LogP) is 2.12. The van der Waals surface area contributed by atoms with Crippen LogP contribution >= 0.6 is 0 Å². The summed E-state index contributed by atoms with van der Waals surface area (Å²) in [4.78, 5) is 13.2. The van der Waals surface area contributed by atoms with Crippen molar-refractivity contribution in [2.75, 3.05) is 18.5 Å². The molecule has 0 fully saturated rings. The summed E-state index contributed by atoms with van der Waals surface area (Å²) in [5, 5.41) is 0. The van der Waals surface area contributed by atoms with Crippen molar-refractivity contribution in [3.8, 4) is 0 Å². The third-order valence-electron chi connectivity index (χ3n) is 2.99. The van der Waals surface area contributed by atoms with Gasteiger partial charge in [0.2, 0.25) is 0 Å². The molecule has 0 aromatic heterocycles. The Morgan fingerprint density at radius 3 is 3.00 bits per heavy atom. The molecule has 0 saturated carbocycles. The number of anilines is 1. The highest BCUT2D eigenvalue weighted by Crippen LogP contribution is 2.35. The molecule has 1 unspecified atom stereocenters. The Morgan fingerprint density at radius 1 is 1.50 bits per heavy atom. The molecule has 0 aliphatic carbocycles. The predicted molar refractivity (Wildman–Crippen MR) is 57.9 cm³/mol. The summed E-state index contributed by atoms with van der Waals surface area (Å²) in [6.07, 6.45) is 2.02. The minimum absolute atomic E-state index is 0.0982. The number of rotatable bonds is 1. The molecule has 1 aromatic carbocycles. The van der Waals surface area contributed by atoms with E-state index in [9.17, 15) is 4.79 Å². The molecule has 1 atom stereocenters. The number of fused-ring (bicyclic) bond motifs is 1. The Hall–Kier alpha value is -1.31. The number of aldehydes is 1. The van der Waals surface area contributed by atoms with Crippen LogP contribution in [-0.2, 0) is 4.79 Å². The van der Waals surface area contributed by atoms with Crippen LogP contribution in [0.15, 0.2) is 18.2 Å². The highest BCUT2D eigenvalue weighted by atomic mass is 16.1. The first-order valence-corrected chi connectivity index (χ1v) is 5.00. The number of nitrogens with zero attached hydrogens (tertiary/aromatic N) is 1. The number of carbonyl (C=O) groups is 1. The lowest BCUT2D eigenvalue weighted by Gasteiger charge is -2.32. The second-order valence-electron chi connectivity index (χ2n) is 3.97. The minimum atomic E-state index is 0.0982. The zero-order valence-electron chi connectivity index (χ0n) is 8.66. The van der Waals surface area contributed by atoms with E-state index in [0.717, 1.165) is 19.3 Å². The van der Waals surface area contributed by atoms with Crippen molar-refractivity contribution in [1.82, 2.24) is 0 Å². The number of aryl methyl sites for hydroxylation is 1. The standard InChI is InChI=1S/C12H15NO/c1-9-4-3-5-11-10(8-14)6-7-13(2)12(9)11/h3-5,8,10H,6-7H2,1-2H3. The van der Waals surface area contributed by atoms with Crippen LogP contribution in [0.2, 0.25) is 0 Å². The fraction of sp³-hybridized carbons (Fsp3) is 0.417. The van der Waals surface area contributed by atoms with Crippen molar-refractivity contribution >= 4 is 12.0 Å². The number of carbonyl (C=O) groups excluding carboxylic acids is 1. The summed E-state index contributed by atoms with van der Waals surface area (Å²) >= 11 is 0. The molecular formula is C12H15NO. The minimum Gasteiger partial charge on any atom is -0.374 e. The molecule has 2 heteroatoms. The quantitative estimate of drug-likeness (QED) is 0.631. The molecule has 0 saturated heterocycles. The normalized spacial score (nSPS) is 20.4. The van der Waals surface area contributed by atoms with Gasteiger partial charge in [0, 0.05) is 25.2 Å². The smallest absolute Gasteiger partial charge is 0.127 e. The van der Waals surface area contributed by atoms with Gasteiger partial charge in [-0.3, -0.25) is 0 Å². The van der Waals surface area contributed by atoms with E-state index < -0.39 is 0 Å². The lowest BCUT2D eigenvalue weighted by atomic mass is 9.89. The molecule has 1 heterocycles. The third kappa shape index (κ3) is 1.31. The van der Waals surface area contributed by atoms with E-state index in [1.807, 2.05) is 6.07 Å². The average molecular weight is 189 g/mol. The van der Waals surface area contributed by atoms with Gasteiger partial charge in [-0.2, -0.15) is 0 Å². The van der Waals surface area contributed by atoms with Gasteiger partial charge in [-0.25, -0.2) is 0 Å². The SMILES string of the molecule is Cc1cccc2c1N(C)CCC2C=O. The van der Waals surface area contributed by atoms with Gasteiger partial charge in [0.05, 0.1) is 0 Å². The number of hydrogen-bond acceptors (Lipinski definition) is 2. The van der Waals surface area contributed by atoms with Crippen molar-refractivity contribution in [3.63, 3.8) is 0 Å². The summed E-state index contributed by atoms with van der Waals surface area (Å²) in [6, 6.07) is 6.20. The van der Waals surface area contributed by atoms with Gasteiger partial charge >= 0.3 is 0 Å². The van der Waals surface area contributed by atoms with E-state index in [2.05, 4.69) is 31.0 Å². The van der Waals surface area contributed by atoms with Crippen molar-refractivity contribution in [1.29, 1.82) is 0 Å². The largest absolute Gasteiger partial charge is 0.374 e. The fourth-order valence-corrected chi connectivity index (χ4v) is 2.24. The summed E-state index contributed by atoms with van der Waals surface area (Å²) in [5.74, 6) is 0.0982. The maximum absolute atomic E-state index is 10.9. The number of benzene rings is 1. The molecule has 1 aromatic rings. The lowest BCUT2D eigenvalue weighted by molar-refractivity contribution is -0.109. The van der Waals surface area contributed by atoms with Crippen LogP contribution in [0, 0.1) is 6.92 Å². The van der Waals surface area contributed by atoms with Gasteiger partial charge in [0.1, 0.15) is 6.29 Å². The number of hydrogen-bond donors (Lipinski definition) is 0. The Bertz CT molecular complexity index is 359. The van der Waals surface area contributed by atoms with Crippen LogP contribution in [0.3, 0.4) is 0 Å². The molecular weight excluding hydrogens is 174 g/mol. The van der Waals surface area contributed by atoms with Gasteiger partial charge in [0.15, 0.2) is 0 Å². The average Bonchev–Trinajstić information content (AvgIpc) is 2.18. The van der Waals surface area contributed by atoms with Crippen molar-refractivity contribution in [2.45, 2.75) is 19.3 Å². The third-order valence-corrected chi connectivity index (χ3v) is 2.99. The zero-order chi connectivity index (χ0) is 10.1. The van der Waals surface area contributed by atoms with Crippen LogP contribution in [0.5, 0.6) is 0 Å². The van der Waals surface area contributed by atoms with E-state index in [0.29, 0.717) is 0 Å².